The van der Waals surface area contributed by atoms with Gasteiger partial charge in [0.1, 0.15) is 0 Å². The first-order valence-corrected chi connectivity index (χ1v) is 11.2. The van der Waals surface area contributed by atoms with Crippen molar-refractivity contribution in [3.8, 4) is 6.07 Å². The van der Waals surface area contributed by atoms with Crippen molar-refractivity contribution in [2.24, 2.45) is 5.92 Å². The maximum absolute atomic E-state index is 13.9. The molecule has 0 radical (unpaired) electrons. The highest BCUT2D eigenvalue weighted by molar-refractivity contribution is 5.48. The van der Waals surface area contributed by atoms with Gasteiger partial charge in [0, 0.05) is 12.6 Å². The summed E-state index contributed by atoms with van der Waals surface area (Å²) in [4.78, 5) is 2.01. The van der Waals surface area contributed by atoms with Gasteiger partial charge in [-0.25, -0.2) is 0 Å². The number of hydrogen-bond donors (Lipinski definition) is 0. The van der Waals surface area contributed by atoms with E-state index in [1.807, 2.05) is 55.3 Å². The Morgan fingerprint density at radius 1 is 0.853 bits per heavy atom. The zero-order chi connectivity index (χ0) is 25.7. The van der Waals surface area contributed by atoms with E-state index in [1.165, 1.54) is 13.8 Å². The maximum Gasteiger partial charge on any atom is 0.416 e. The molecule has 2 unspecified atom stereocenters. The van der Waals surface area contributed by atoms with Crippen molar-refractivity contribution in [3.05, 3.63) is 70.8 Å². The Bertz CT molecular complexity index is 943. The van der Waals surface area contributed by atoms with E-state index in [0.717, 1.165) is 18.1 Å². The van der Waals surface area contributed by atoms with E-state index in [4.69, 9.17) is 0 Å². The maximum atomic E-state index is 13.9. The van der Waals surface area contributed by atoms with Crippen LogP contribution < -0.4 is 0 Å². The van der Waals surface area contributed by atoms with Crippen LogP contribution in [-0.2, 0) is 24.2 Å². The van der Waals surface area contributed by atoms with E-state index in [-0.39, 0.29) is 18.9 Å². The highest BCUT2D eigenvalue weighted by Gasteiger charge is 2.49. The van der Waals surface area contributed by atoms with Gasteiger partial charge in [0.25, 0.3) is 0 Å². The fourth-order valence-electron chi connectivity index (χ4n) is 4.28. The van der Waals surface area contributed by atoms with Gasteiger partial charge in [-0.2, -0.15) is 31.6 Å². The van der Waals surface area contributed by atoms with Crippen molar-refractivity contribution in [1.29, 1.82) is 5.26 Å². The molecular weight excluding hydrogens is 454 g/mol. The van der Waals surface area contributed by atoms with Crippen LogP contribution in [0.5, 0.6) is 0 Å². The Kier molecular flexibility index (Phi) is 8.81. The predicted octanol–water partition coefficient (Wildman–Crippen LogP) is 7.48. The quantitative estimate of drug-likeness (QED) is 0.345. The highest BCUT2D eigenvalue weighted by Crippen LogP contribution is 2.49. The lowest BCUT2D eigenvalue weighted by Crippen LogP contribution is -2.39. The average Bonchev–Trinajstić information content (AvgIpc) is 2.77. The van der Waals surface area contributed by atoms with Gasteiger partial charge in [-0.1, -0.05) is 50.2 Å². The molecule has 2 atom stereocenters. The lowest BCUT2D eigenvalue weighted by Gasteiger charge is -2.37. The molecule has 0 fully saturated rings. The van der Waals surface area contributed by atoms with Crippen molar-refractivity contribution in [3.63, 3.8) is 0 Å². The van der Waals surface area contributed by atoms with Gasteiger partial charge in [-0.05, 0) is 62.4 Å². The number of hydrogen-bond acceptors (Lipinski definition) is 2. The van der Waals surface area contributed by atoms with Crippen LogP contribution >= 0.6 is 0 Å². The monoisotopic (exact) mass is 484 g/mol. The topological polar surface area (TPSA) is 27.0 Å². The number of rotatable bonds is 9. The van der Waals surface area contributed by atoms with Crippen LogP contribution in [-0.4, -0.2) is 24.5 Å². The van der Waals surface area contributed by atoms with E-state index >= 15 is 0 Å². The molecule has 2 rings (SSSR count). The van der Waals surface area contributed by atoms with E-state index in [9.17, 15) is 31.6 Å². The first-order valence-electron chi connectivity index (χ1n) is 11.2. The van der Waals surface area contributed by atoms with Gasteiger partial charge >= 0.3 is 12.4 Å². The average molecular weight is 485 g/mol. The minimum absolute atomic E-state index is 0.131. The molecule has 0 saturated carbocycles. The lowest BCUT2D eigenvalue weighted by atomic mass is 9.66. The summed E-state index contributed by atoms with van der Waals surface area (Å²) < 4.78 is 83.1. The molecule has 0 bridgehead atoms. The number of nitriles is 1. The van der Waals surface area contributed by atoms with Crippen LogP contribution in [0, 0.1) is 17.2 Å². The van der Waals surface area contributed by atoms with Gasteiger partial charge in [-0.15, -0.1) is 0 Å². The molecule has 0 amide bonds. The second kappa shape index (κ2) is 10.8. The normalized spacial score (nSPS) is 15.3. The Labute approximate surface area is 197 Å². The van der Waals surface area contributed by atoms with Crippen LogP contribution in [0.2, 0.25) is 0 Å². The van der Waals surface area contributed by atoms with Crippen molar-refractivity contribution in [1.82, 2.24) is 4.90 Å². The first kappa shape index (κ1) is 27.7. The van der Waals surface area contributed by atoms with Crippen LogP contribution in [0.25, 0.3) is 0 Å². The number of nitrogens with zero attached hydrogens (tertiary/aromatic N) is 2. The Hall–Kier alpha value is -2.53. The molecule has 0 aliphatic heterocycles. The first-order chi connectivity index (χ1) is 15.7. The fraction of sp³-hybridized carbons (Fsp3) is 0.500. The van der Waals surface area contributed by atoms with Gasteiger partial charge in [0.05, 0.1) is 22.6 Å². The summed E-state index contributed by atoms with van der Waals surface area (Å²) >= 11 is 0. The van der Waals surface area contributed by atoms with E-state index < -0.39 is 40.4 Å². The van der Waals surface area contributed by atoms with Crippen LogP contribution in [0.3, 0.4) is 0 Å². The predicted molar refractivity (Wildman–Crippen MR) is 120 cm³/mol. The minimum atomic E-state index is -5.02. The molecule has 0 aliphatic rings. The third-order valence-electron chi connectivity index (χ3n) is 6.61. The van der Waals surface area contributed by atoms with Gasteiger partial charge < -0.3 is 4.90 Å². The van der Waals surface area contributed by atoms with E-state index in [2.05, 4.69) is 0 Å². The van der Waals surface area contributed by atoms with Crippen molar-refractivity contribution >= 4 is 0 Å². The second-order valence-electron chi connectivity index (χ2n) is 9.07. The molecule has 2 aromatic rings. The summed E-state index contributed by atoms with van der Waals surface area (Å²) in [6.45, 7) is 5.54. The third kappa shape index (κ3) is 6.32. The van der Waals surface area contributed by atoms with E-state index in [0.29, 0.717) is 18.7 Å². The summed E-state index contributed by atoms with van der Waals surface area (Å²) in [6.07, 6.45) is -9.16. The molecule has 2 aromatic carbocycles. The smallest absolute Gasteiger partial charge is 0.303 e. The summed E-state index contributed by atoms with van der Waals surface area (Å²) in [5, 5.41) is 10.1. The molecule has 0 saturated heterocycles. The van der Waals surface area contributed by atoms with Crippen molar-refractivity contribution < 1.29 is 26.3 Å². The van der Waals surface area contributed by atoms with Crippen LogP contribution in [0.15, 0.2) is 48.5 Å². The Morgan fingerprint density at radius 2 is 1.38 bits per heavy atom. The third-order valence-corrected chi connectivity index (χ3v) is 6.61. The molecule has 0 heterocycles. The molecule has 0 spiro atoms. The molecular formula is C26H30F6N2. The summed E-state index contributed by atoms with van der Waals surface area (Å²) in [6, 6.07) is 13.5. The zero-order valence-corrected chi connectivity index (χ0v) is 19.8. The second-order valence-corrected chi connectivity index (χ2v) is 9.07. The largest absolute Gasteiger partial charge is 0.416 e. The molecule has 0 aromatic heterocycles. The Morgan fingerprint density at radius 3 is 1.82 bits per heavy atom. The number of halogens is 6. The number of likely N-dealkylation sites (N-methyl/N-ethyl adjacent to an activating group) is 1. The van der Waals surface area contributed by atoms with E-state index in [1.54, 1.807) is 0 Å². The number of alkyl halides is 6. The van der Waals surface area contributed by atoms with Crippen LogP contribution in [0.4, 0.5) is 26.3 Å². The highest BCUT2D eigenvalue weighted by atomic mass is 19.4. The summed E-state index contributed by atoms with van der Waals surface area (Å²) in [7, 11) is 1.86. The summed E-state index contributed by atoms with van der Waals surface area (Å²) in [5.74, 6) is -0.774. The van der Waals surface area contributed by atoms with Gasteiger partial charge in [-0.3, -0.25) is 0 Å². The molecule has 2 nitrogen and oxygen atoms in total. The van der Waals surface area contributed by atoms with Crippen molar-refractivity contribution in [2.75, 3.05) is 13.6 Å². The Balaban J connectivity index is 2.40. The molecule has 0 N–H and O–H groups in total. The molecule has 34 heavy (non-hydrogen) atoms. The lowest BCUT2D eigenvalue weighted by molar-refractivity contribution is -0.145. The molecule has 8 heteroatoms. The zero-order valence-electron chi connectivity index (χ0n) is 19.8. The van der Waals surface area contributed by atoms with Gasteiger partial charge in [0.15, 0.2) is 0 Å². The molecule has 186 valence electrons. The minimum Gasteiger partial charge on any atom is -0.303 e. The fourth-order valence-corrected chi connectivity index (χ4v) is 4.28. The van der Waals surface area contributed by atoms with Gasteiger partial charge in [0.2, 0.25) is 0 Å². The van der Waals surface area contributed by atoms with Crippen molar-refractivity contribution in [2.45, 2.75) is 63.8 Å². The summed E-state index contributed by atoms with van der Waals surface area (Å²) in [5.41, 5.74) is -4.59. The standard InChI is InChI=1S/C26H30F6N2/c1-18(2)24(17-33,15-13-19(3)34(4)16-14-20-9-6-5-7-10-20)23-21(25(27,28)29)11-8-12-22(23)26(30,31)32/h5-12,18-19H,13-16H2,1-4H3. The SMILES string of the molecule is CC(CCC(C#N)(c1c(C(F)(F)F)cccc1C(F)(F)F)C(C)C)N(C)CCc1ccccc1. The number of benzene rings is 2. The molecule has 0 aliphatic carbocycles. The van der Waals surface area contributed by atoms with Crippen LogP contribution in [0.1, 0.15) is 55.9 Å².